The molecule has 1 aliphatic rings. The summed E-state index contributed by atoms with van der Waals surface area (Å²) in [5.41, 5.74) is 5.85. The molecule has 0 aromatic carbocycles. The van der Waals surface area contributed by atoms with Gasteiger partial charge in [0.1, 0.15) is 6.54 Å². The van der Waals surface area contributed by atoms with Crippen molar-refractivity contribution in [2.45, 2.75) is 90.1 Å². The molecule has 1 fully saturated rings. The molecule has 0 aromatic heterocycles. The van der Waals surface area contributed by atoms with Crippen molar-refractivity contribution in [2.24, 2.45) is 17.6 Å². The molecule has 0 spiro atoms. The molecular weight excluding hydrogens is 480 g/mol. The summed E-state index contributed by atoms with van der Waals surface area (Å²) in [5.74, 6) is -1.59. The van der Waals surface area contributed by atoms with Crippen molar-refractivity contribution in [3.05, 3.63) is 0 Å². The Balaban J connectivity index is 3.04. The highest BCUT2D eigenvalue weighted by molar-refractivity contribution is 5.84. The van der Waals surface area contributed by atoms with Gasteiger partial charge in [-0.25, -0.2) is 0 Å². The van der Waals surface area contributed by atoms with Gasteiger partial charge < -0.3 is 35.1 Å². The van der Waals surface area contributed by atoms with Crippen LogP contribution in [0.5, 0.6) is 0 Å². The molecule has 0 aliphatic carbocycles. The van der Waals surface area contributed by atoms with Gasteiger partial charge in [-0.3, -0.25) is 19.2 Å². The number of amides is 3. The van der Waals surface area contributed by atoms with Crippen LogP contribution >= 0.6 is 0 Å². The zero-order valence-corrected chi connectivity index (χ0v) is 23.8. The van der Waals surface area contributed by atoms with E-state index in [4.69, 9.17) is 15.2 Å². The number of esters is 1. The van der Waals surface area contributed by atoms with Crippen molar-refractivity contribution < 1.29 is 33.4 Å². The zero-order chi connectivity index (χ0) is 28.3. The Labute approximate surface area is 221 Å². The van der Waals surface area contributed by atoms with Crippen LogP contribution in [-0.4, -0.2) is 105 Å². The third kappa shape index (κ3) is 9.22. The molecule has 0 bridgehead atoms. The maximum absolute atomic E-state index is 13.6. The first kappa shape index (κ1) is 32.8. The van der Waals surface area contributed by atoms with Gasteiger partial charge in [-0.1, -0.05) is 27.2 Å². The van der Waals surface area contributed by atoms with E-state index >= 15 is 0 Å². The first-order chi connectivity index (χ1) is 17.4. The summed E-state index contributed by atoms with van der Waals surface area (Å²) in [7, 11) is 6.08. The second-order valence-electron chi connectivity index (χ2n) is 10.1. The maximum Gasteiger partial charge on any atom is 0.325 e. The second kappa shape index (κ2) is 15.9. The van der Waals surface area contributed by atoms with Crippen LogP contribution < -0.4 is 11.1 Å². The molecule has 7 atom stereocenters. The molecule has 0 radical (unpaired) electrons. The van der Waals surface area contributed by atoms with Crippen molar-refractivity contribution in [2.75, 3.05) is 41.5 Å². The predicted molar refractivity (Wildman–Crippen MR) is 139 cm³/mol. The number of hydrogen-bond donors (Lipinski definition) is 2. The lowest BCUT2D eigenvalue weighted by atomic mass is 9.90. The highest BCUT2D eigenvalue weighted by Gasteiger charge is 2.41. The molecule has 3 amide bonds. The minimum atomic E-state index is -0.596. The van der Waals surface area contributed by atoms with Gasteiger partial charge in [-0.15, -0.1) is 0 Å². The Kier molecular flexibility index (Phi) is 14.1. The molecular formula is C26H48N4O7. The molecule has 1 aliphatic heterocycles. The summed E-state index contributed by atoms with van der Waals surface area (Å²) in [5, 5.41) is 2.56. The number of ether oxygens (including phenoxy) is 3. The van der Waals surface area contributed by atoms with E-state index in [1.807, 2.05) is 13.8 Å². The summed E-state index contributed by atoms with van der Waals surface area (Å²) in [6.07, 6.45) is 1.54. The Morgan fingerprint density at radius 1 is 1.08 bits per heavy atom. The van der Waals surface area contributed by atoms with Gasteiger partial charge in [-0.05, 0) is 25.7 Å². The van der Waals surface area contributed by atoms with Crippen LogP contribution in [0.25, 0.3) is 0 Å². The number of carbonyl (C=O) groups is 4. The topological polar surface area (TPSA) is 141 Å². The van der Waals surface area contributed by atoms with Crippen molar-refractivity contribution in [1.82, 2.24) is 15.1 Å². The molecule has 3 N–H and O–H groups in total. The van der Waals surface area contributed by atoms with E-state index < -0.39 is 24.1 Å². The van der Waals surface area contributed by atoms with Crippen LogP contribution in [-0.2, 0) is 33.4 Å². The summed E-state index contributed by atoms with van der Waals surface area (Å²) < 4.78 is 16.1. The van der Waals surface area contributed by atoms with Gasteiger partial charge in [0.15, 0.2) is 0 Å². The van der Waals surface area contributed by atoms with E-state index in [-0.39, 0.29) is 61.2 Å². The van der Waals surface area contributed by atoms with Crippen LogP contribution in [0.15, 0.2) is 0 Å². The number of nitrogens with one attached hydrogen (secondary N) is 1. The highest BCUT2D eigenvalue weighted by Crippen LogP contribution is 2.29. The van der Waals surface area contributed by atoms with Crippen molar-refractivity contribution in [3.63, 3.8) is 0 Å². The Bertz CT molecular complexity index is 763. The predicted octanol–water partition coefficient (Wildman–Crippen LogP) is 0.933. The lowest BCUT2D eigenvalue weighted by Crippen LogP contribution is -2.53. The van der Waals surface area contributed by atoms with Crippen molar-refractivity contribution in [1.29, 1.82) is 0 Å². The number of nitrogens with zero attached hydrogens (tertiary/aromatic N) is 2. The van der Waals surface area contributed by atoms with Gasteiger partial charge in [0.25, 0.3) is 0 Å². The number of methoxy groups -OCH3 is 3. The molecule has 0 aromatic rings. The molecule has 11 nitrogen and oxygen atoms in total. The third-order valence-corrected chi connectivity index (χ3v) is 7.44. The Morgan fingerprint density at radius 3 is 2.24 bits per heavy atom. The molecule has 1 saturated heterocycles. The van der Waals surface area contributed by atoms with Gasteiger partial charge in [0, 0.05) is 40.3 Å². The maximum atomic E-state index is 13.6. The molecule has 1 rings (SSSR count). The first-order valence-corrected chi connectivity index (χ1v) is 13.1. The lowest BCUT2D eigenvalue weighted by Gasteiger charge is -2.39. The number of likely N-dealkylation sites (tertiary alicyclic amines) is 1. The fourth-order valence-corrected chi connectivity index (χ4v) is 5.14. The van der Waals surface area contributed by atoms with E-state index in [9.17, 15) is 19.2 Å². The lowest BCUT2D eigenvalue weighted by molar-refractivity contribution is -0.146. The quantitative estimate of drug-likeness (QED) is 0.299. The molecule has 1 heterocycles. The smallest absolute Gasteiger partial charge is 0.325 e. The average Bonchev–Trinajstić information content (AvgIpc) is 3.35. The normalized spacial score (nSPS) is 20.4. The SMILES string of the molecule is CC[C@H](C)[C@@H]([C@@H](CC(=O)N1CCC[C@H]1[C@H](OC)[C@@H](C)C(=O)NCC(=O)OC)OC)N(C)C(=O)C[C@H](C)N. The highest BCUT2D eigenvalue weighted by atomic mass is 16.5. The number of nitrogens with two attached hydrogens (primary N) is 1. The standard InChI is InChI=1S/C26H48N4O7/c1-9-16(2)24(29(5)21(31)13-17(3)27)20(35-6)14-22(32)30-12-10-11-19(30)25(37-8)18(4)26(34)28-15-23(33)36-7/h16-20,24-25H,9-15,27H2,1-8H3,(H,28,34)/t16-,17-,18+,19-,20+,24-,25+/m0/s1. The largest absolute Gasteiger partial charge is 0.468 e. The fraction of sp³-hybridized carbons (Fsp3) is 0.846. The fourth-order valence-electron chi connectivity index (χ4n) is 5.14. The Morgan fingerprint density at radius 2 is 1.73 bits per heavy atom. The van der Waals surface area contributed by atoms with Crippen molar-refractivity contribution >= 4 is 23.7 Å². The summed E-state index contributed by atoms with van der Waals surface area (Å²) in [6.45, 7) is 7.91. The summed E-state index contributed by atoms with van der Waals surface area (Å²) in [4.78, 5) is 53.9. The van der Waals surface area contributed by atoms with Crippen LogP contribution in [0.4, 0.5) is 0 Å². The minimum absolute atomic E-state index is 0.0833. The van der Waals surface area contributed by atoms with Crippen molar-refractivity contribution in [3.8, 4) is 0 Å². The van der Waals surface area contributed by atoms with Crippen LogP contribution in [0.1, 0.15) is 59.8 Å². The summed E-state index contributed by atoms with van der Waals surface area (Å²) in [6, 6.07) is -0.862. The molecule has 0 unspecified atom stereocenters. The van der Waals surface area contributed by atoms with Gasteiger partial charge >= 0.3 is 5.97 Å². The van der Waals surface area contributed by atoms with Gasteiger partial charge in [0.05, 0.1) is 43.7 Å². The first-order valence-electron chi connectivity index (χ1n) is 13.1. The average molecular weight is 529 g/mol. The van der Waals surface area contributed by atoms with E-state index in [0.29, 0.717) is 13.0 Å². The molecule has 37 heavy (non-hydrogen) atoms. The minimum Gasteiger partial charge on any atom is -0.468 e. The third-order valence-electron chi connectivity index (χ3n) is 7.44. The van der Waals surface area contributed by atoms with Crippen LogP contribution in [0, 0.1) is 11.8 Å². The number of carbonyl (C=O) groups excluding carboxylic acids is 4. The monoisotopic (exact) mass is 528 g/mol. The zero-order valence-electron chi connectivity index (χ0n) is 23.8. The van der Waals surface area contributed by atoms with Gasteiger partial charge in [-0.2, -0.15) is 0 Å². The van der Waals surface area contributed by atoms with E-state index in [1.165, 1.54) is 14.2 Å². The van der Waals surface area contributed by atoms with Crippen LogP contribution in [0.2, 0.25) is 0 Å². The number of rotatable bonds is 15. The second-order valence-corrected chi connectivity index (χ2v) is 10.1. The number of likely N-dealkylation sites (N-methyl/N-ethyl adjacent to an activating group) is 1. The van der Waals surface area contributed by atoms with E-state index in [1.54, 1.807) is 37.8 Å². The van der Waals surface area contributed by atoms with E-state index in [0.717, 1.165) is 12.8 Å². The van der Waals surface area contributed by atoms with E-state index in [2.05, 4.69) is 10.1 Å². The Hall–Kier alpha value is -2.24. The summed E-state index contributed by atoms with van der Waals surface area (Å²) >= 11 is 0. The van der Waals surface area contributed by atoms with Crippen LogP contribution in [0.3, 0.4) is 0 Å². The molecule has 0 saturated carbocycles. The number of hydrogen-bond acceptors (Lipinski definition) is 8. The van der Waals surface area contributed by atoms with Gasteiger partial charge in [0.2, 0.25) is 17.7 Å². The molecule has 214 valence electrons. The molecule has 11 heteroatoms.